The molecule has 0 spiro atoms. The molecule has 2 aliphatic rings. The number of nitrogens with zero attached hydrogens (tertiary/aromatic N) is 3. The van der Waals surface area contributed by atoms with Crippen LogP contribution < -0.4 is 16.2 Å². The lowest BCUT2D eigenvalue weighted by molar-refractivity contribution is -0.148. The van der Waals surface area contributed by atoms with E-state index in [0.29, 0.717) is 11.4 Å². The number of hydrogen-bond donors (Lipinski definition) is 4. The van der Waals surface area contributed by atoms with E-state index in [4.69, 9.17) is 4.74 Å². The number of hydrazine groups is 1. The summed E-state index contributed by atoms with van der Waals surface area (Å²) in [6.45, 7) is 7.76. The van der Waals surface area contributed by atoms with Crippen molar-refractivity contribution >= 4 is 41.0 Å². The Morgan fingerprint density at radius 1 is 1.06 bits per heavy atom. The molecule has 1 saturated heterocycles. The average Bonchev–Trinajstić information content (AvgIpc) is 3.80. The monoisotopic (exact) mass is 726 g/mol. The molecule has 2 aromatic rings. The van der Waals surface area contributed by atoms with E-state index in [1.54, 1.807) is 24.3 Å². The number of piperidine rings is 1. The number of amides is 3. The molecule has 1 aromatic carbocycles. The number of likely N-dealkylation sites (tertiary alicyclic amines) is 1. The van der Waals surface area contributed by atoms with Crippen molar-refractivity contribution < 1.29 is 33.8 Å². The third kappa shape index (κ3) is 11.6. The first kappa shape index (κ1) is 39.9. The first-order chi connectivity index (χ1) is 24.2. The molecule has 13 nitrogen and oxygen atoms in total. The molecule has 280 valence electrons. The summed E-state index contributed by atoms with van der Waals surface area (Å²) in [5.74, 6) is -2.81. The first-order valence-corrected chi connectivity index (χ1v) is 18.9. The molecular formula is C37H54N6O7S. The highest BCUT2D eigenvalue weighted by molar-refractivity contribution is 7.09. The molecular weight excluding hydrogens is 673 g/mol. The lowest BCUT2D eigenvalue weighted by Gasteiger charge is -2.36. The average molecular weight is 727 g/mol. The Morgan fingerprint density at radius 3 is 2.37 bits per heavy atom. The number of hydrogen-bond acceptors (Lipinski definition) is 10. The molecule has 0 bridgehead atoms. The zero-order valence-electron chi connectivity index (χ0n) is 30.6. The van der Waals surface area contributed by atoms with Gasteiger partial charge in [0.1, 0.15) is 16.7 Å². The van der Waals surface area contributed by atoms with Crippen LogP contribution in [0.15, 0.2) is 35.7 Å². The number of likely N-dealkylation sites (N-methyl/N-ethyl adjacent to an activating group) is 2. The molecule has 0 unspecified atom stereocenters. The van der Waals surface area contributed by atoms with Gasteiger partial charge in [0.15, 0.2) is 6.10 Å². The number of thiazole rings is 1. The standard InChI is InChI=1S/C37H54N6O7S/c1-22(2)30(43(6)36(47)32(26-15-16-26)40-41-34(46)29-14-10-11-17-42(29)5)20-31(50-24(4)44)35-39-28(21-51-35)33(45)38-27(18-23(3)37(48)49)19-25-12-8-7-9-13-25/h7-9,12-13,21-23,26-27,29-32,40H,10-11,14-20H2,1-6H3,(H,38,45)(H,41,46)(H,48,49)/t23-,27+,29+,30+,31+,32-/m0/s1. The number of ether oxygens (including phenoxy) is 1. The predicted molar refractivity (Wildman–Crippen MR) is 194 cm³/mol. The van der Waals surface area contributed by atoms with Crippen LogP contribution in [0.25, 0.3) is 0 Å². The second kappa shape index (κ2) is 18.6. The van der Waals surface area contributed by atoms with E-state index in [1.807, 2.05) is 56.1 Å². The number of carbonyl (C=O) groups is 5. The molecule has 4 N–H and O–H groups in total. The van der Waals surface area contributed by atoms with E-state index in [-0.39, 0.29) is 54.3 Å². The van der Waals surface area contributed by atoms with Gasteiger partial charge in [-0.1, -0.05) is 57.5 Å². The van der Waals surface area contributed by atoms with Gasteiger partial charge in [-0.15, -0.1) is 11.3 Å². The number of aromatic nitrogens is 1. The fourth-order valence-corrected chi connectivity index (χ4v) is 7.59. The summed E-state index contributed by atoms with van der Waals surface area (Å²) in [5, 5.41) is 14.5. The van der Waals surface area contributed by atoms with Crippen LogP contribution in [0.4, 0.5) is 0 Å². The van der Waals surface area contributed by atoms with Gasteiger partial charge < -0.3 is 20.1 Å². The van der Waals surface area contributed by atoms with Crippen molar-refractivity contribution in [1.29, 1.82) is 0 Å². The summed E-state index contributed by atoms with van der Waals surface area (Å²) in [6.07, 6.45) is 4.69. The quantitative estimate of drug-likeness (QED) is 0.130. The Balaban J connectivity index is 1.46. The fourth-order valence-electron chi connectivity index (χ4n) is 6.75. The topological polar surface area (TPSA) is 170 Å². The van der Waals surface area contributed by atoms with Gasteiger partial charge in [-0.3, -0.25) is 34.3 Å². The number of aliphatic carboxylic acids is 1. The molecule has 1 aliphatic carbocycles. The molecule has 14 heteroatoms. The second-order valence-electron chi connectivity index (χ2n) is 14.4. The van der Waals surface area contributed by atoms with Crippen molar-refractivity contribution in [3.63, 3.8) is 0 Å². The second-order valence-corrected chi connectivity index (χ2v) is 15.3. The third-order valence-corrected chi connectivity index (χ3v) is 10.8. The van der Waals surface area contributed by atoms with Gasteiger partial charge in [0.05, 0.1) is 12.0 Å². The minimum atomic E-state index is -0.943. The van der Waals surface area contributed by atoms with Gasteiger partial charge in [0.2, 0.25) is 5.91 Å². The lowest BCUT2D eigenvalue weighted by Crippen LogP contribution is -2.59. The summed E-state index contributed by atoms with van der Waals surface area (Å²) in [4.78, 5) is 72.7. The number of esters is 1. The van der Waals surface area contributed by atoms with Crippen molar-refractivity contribution in [2.24, 2.45) is 17.8 Å². The highest BCUT2D eigenvalue weighted by atomic mass is 32.1. The molecule has 6 atom stereocenters. The number of nitrogens with one attached hydrogen (secondary N) is 3. The summed E-state index contributed by atoms with van der Waals surface area (Å²) in [7, 11) is 3.67. The molecule has 1 aromatic heterocycles. The zero-order chi connectivity index (χ0) is 37.2. The summed E-state index contributed by atoms with van der Waals surface area (Å²) in [5.41, 5.74) is 7.00. The smallest absolute Gasteiger partial charge is 0.306 e. The van der Waals surface area contributed by atoms with Gasteiger partial charge in [0, 0.05) is 37.9 Å². The minimum absolute atomic E-state index is 0.0277. The fraction of sp³-hybridized carbons (Fsp3) is 0.622. The van der Waals surface area contributed by atoms with Crippen LogP contribution >= 0.6 is 11.3 Å². The molecule has 1 saturated carbocycles. The highest BCUT2D eigenvalue weighted by Gasteiger charge is 2.41. The van der Waals surface area contributed by atoms with Crippen LogP contribution in [0.3, 0.4) is 0 Å². The van der Waals surface area contributed by atoms with E-state index in [0.717, 1.165) is 44.2 Å². The van der Waals surface area contributed by atoms with Gasteiger partial charge >= 0.3 is 11.9 Å². The van der Waals surface area contributed by atoms with Gasteiger partial charge in [-0.2, -0.15) is 0 Å². The Bertz CT molecular complexity index is 1500. The summed E-state index contributed by atoms with van der Waals surface area (Å²) in [6, 6.07) is 7.89. The molecule has 0 radical (unpaired) electrons. The van der Waals surface area contributed by atoms with Crippen molar-refractivity contribution in [1.82, 2.24) is 31.0 Å². The number of benzene rings is 1. The zero-order valence-corrected chi connectivity index (χ0v) is 31.4. The number of carboxylic acids is 1. The van der Waals surface area contributed by atoms with Crippen LogP contribution in [0, 0.1) is 17.8 Å². The van der Waals surface area contributed by atoms with E-state index in [1.165, 1.54) is 18.3 Å². The number of rotatable bonds is 18. The Hall–Kier alpha value is -3.88. The molecule has 1 aliphatic heterocycles. The Kier molecular flexibility index (Phi) is 14.5. The van der Waals surface area contributed by atoms with Crippen LogP contribution in [0.1, 0.15) is 99.8 Å². The Morgan fingerprint density at radius 2 is 1.76 bits per heavy atom. The molecule has 2 fully saturated rings. The highest BCUT2D eigenvalue weighted by Crippen LogP contribution is 2.35. The molecule has 3 amide bonds. The van der Waals surface area contributed by atoms with E-state index in [9.17, 15) is 29.1 Å². The van der Waals surface area contributed by atoms with Crippen LogP contribution in [-0.2, 0) is 30.3 Å². The van der Waals surface area contributed by atoms with Crippen molar-refractivity contribution in [3.8, 4) is 0 Å². The van der Waals surface area contributed by atoms with Gasteiger partial charge in [-0.25, -0.2) is 10.4 Å². The largest absolute Gasteiger partial charge is 0.481 e. The third-order valence-electron chi connectivity index (χ3n) is 9.91. The van der Waals surface area contributed by atoms with E-state index >= 15 is 0 Å². The predicted octanol–water partition coefficient (Wildman–Crippen LogP) is 3.96. The van der Waals surface area contributed by atoms with Crippen molar-refractivity contribution in [2.75, 3.05) is 20.6 Å². The minimum Gasteiger partial charge on any atom is -0.481 e. The van der Waals surface area contributed by atoms with E-state index in [2.05, 4.69) is 21.2 Å². The molecule has 4 rings (SSSR count). The van der Waals surface area contributed by atoms with E-state index < -0.39 is 42.0 Å². The van der Waals surface area contributed by atoms with Crippen LogP contribution in [0.2, 0.25) is 0 Å². The first-order valence-electron chi connectivity index (χ1n) is 18.0. The summed E-state index contributed by atoms with van der Waals surface area (Å²) < 4.78 is 5.75. The maximum absolute atomic E-state index is 14.0. The number of carboxylic acid groups (broad SMARTS) is 1. The summed E-state index contributed by atoms with van der Waals surface area (Å²) >= 11 is 1.19. The van der Waals surface area contributed by atoms with Gasteiger partial charge in [0.25, 0.3) is 11.8 Å². The maximum atomic E-state index is 14.0. The van der Waals surface area contributed by atoms with Crippen LogP contribution in [-0.4, -0.2) is 94.4 Å². The van der Waals surface area contributed by atoms with Crippen molar-refractivity contribution in [3.05, 3.63) is 52.0 Å². The van der Waals surface area contributed by atoms with Crippen LogP contribution in [0.5, 0.6) is 0 Å². The maximum Gasteiger partial charge on any atom is 0.306 e. The molecule has 2 heterocycles. The molecule has 51 heavy (non-hydrogen) atoms. The Labute approximate surface area is 304 Å². The SMILES string of the molecule is CC(=O)O[C@H](C[C@H](C(C)C)N(C)C(=O)[C@@H](NNC(=O)[C@H]1CCCCN1C)C1CC1)c1nc(C(=O)N[C@@H](Cc2ccccc2)C[C@H](C)C(=O)O)cs1. The number of carbonyl (C=O) groups excluding carboxylic acids is 4. The van der Waals surface area contributed by atoms with Crippen molar-refractivity contribution in [2.45, 2.75) is 109 Å². The lowest BCUT2D eigenvalue weighted by atomic mass is 9.95. The normalized spacial score (nSPS) is 19.3. The van der Waals surface area contributed by atoms with Gasteiger partial charge in [-0.05, 0) is 69.5 Å².